The molecule has 1 aliphatic heterocycles. The van der Waals surface area contributed by atoms with Gasteiger partial charge in [-0.3, -0.25) is 24.3 Å². The Hall–Kier alpha value is -3.33. The lowest BCUT2D eigenvalue weighted by Gasteiger charge is -2.14. The number of carbonyl (C=O) groups is 3. The molecule has 9 heteroatoms. The number of thioether (sulfide) groups is 1. The summed E-state index contributed by atoms with van der Waals surface area (Å²) >= 11 is 0.864. The second kappa shape index (κ2) is 9.24. The van der Waals surface area contributed by atoms with E-state index in [-0.39, 0.29) is 18.3 Å². The van der Waals surface area contributed by atoms with Gasteiger partial charge in [-0.15, -0.1) is 0 Å². The Labute approximate surface area is 171 Å². The summed E-state index contributed by atoms with van der Waals surface area (Å²) in [4.78, 5) is 42.6. The number of pyridine rings is 1. The Kier molecular flexibility index (Phi) is 6.50. The summed E-state index contributed by atoms with van der Waals surface area (Å²) in [5.41, 5.74) is 1.04. The smallest absolute Gasteiger partial charge is 0.293 e. The van der Waals surface area contributed by atoms with Crippen LogP contribution in [0.25, 0.3) is 6.08 Å². The van der Waals surface area contributed by atoms with Crippen molar-refractivity contribution in [1.29, 1.82) is 0 Å². The first-order chi connectivity index (χ1) is 14.0. The summed E-state index contributed by atoms with van der Waals surface area (Å²) in [6, 6.07) is 8.42. The third-order valence-electron chi connectivity index (χ3n) is 4.13. The van der Waals surface area contributed by atoms with Crippen molar-refractivity contribution in [2.75, 3.05) is 27.3 Å². The van der Waals surface area contributed by atoms with Gasteiger partial charge in [0.15, 0.2) is 0 Å². The van der Waals surface area contributed by atoms with Gasteiger partial charge in [-0.2, -0.15) is 0 Å². The summed E-state index contributed by atoms with van der Waals surface area (Å²) in [7, 11) is 2.97. The van der Waals surface area contributed by atoms with Gasteiger partial charge < -0.3 is 14.8 Å². The number of hydrogen-bond acceptors (Lipinski definition) is 7. The zero-order chi connectivity index (χ0) is 20.8. The lowest BCUT2D eigenvalue weighted by molar-refractivity contribution is -0.122. The van der Waals surface area contributed by atoms with E-state index in [1.54, 1.807) is 48.8 Å². The standard InChI is InChI=1S/C20H19N3O5S/c1-27-14-5-6-16(28-2)15(11-14)18(24)22-8-9-23-19(25)17(29-20(23)26)10-13-4-3-7-21-12-13/h3-7,10-12H,8-9H2,1-2H3,(H,22,24)/b17-10-. The number of nitrogens with one attached hydrogen (secondary N) is 1. The molecule has 1 aliphatic rings. The Balaban J connectivity index is 1.62. The van der Waals surface area contributed by atoms with E-state index < -0.39 is 11.8 Å². The number of aromatic nitrogens is 1. The zero-order valence-electron chi connectivity index (χ0n) is 15.9. The average Bonchev–Trinajstić information content (AvgIpc) is 3.01. The maximum atomic E-state index is 12.5. The minimum atomic E-state index is -0.392. The molecule has 1 fully saturated rings. The van der Waals surface area contributed by atoms with Crippen molar-refractivity contribution in [2.45, 2.75) is 0 Å². The first-order valence-corrected chi connectivity index (χ1v) is 9.50. The first-order valence-electron chi connectivity index (χ1n) is 8.69. The molecule has 0 unspecified atom stereocenters. The molecule has 8 nitrogen and oxygen atoms in total. The minimum absolute atomic E-state index is 0.0626. The Morgan fingerprint density at radius 3 is 2.76 bits per heavy atom. The third kappa shape index (κ3) is 4.75. The Bertz CT molecular complexity index is 962. The number of benzene rings is 1. The molecular weight excluding hydrogens is 394 g/mol. The fourth-order valence-electron chi connectivity index (χ4n) is 2.67. The summed E-state index contributed by atoms with van der Waals surface area (Å²) in [5, 5.41) is 2.32. The summed E-state index contributed by atoms with van der Waals surface area (Å²) < 4.78 is 10.3. The van der Waals surface area contributed by atoms with Gasteiger partial charge in [0.2, 0.25) is 0 Å². The lowest BCUT2D eigenvalue weighted by Crippen LogP contribution is -2.37. The zero-order valence-corrected chi connectivity index (χ0v) is 16.7. The molecule has 0 aliphatic carbocycles. The van der Waals surface area contributed by atoms with Crippen LogP contribution in [0.5, 0.6) is 11.5 Å². The molecule has 1 saturated heterocycles. The van der Waals surface area contributed by atoms with E-state index in [1.807, 2.05) is 0 Å². The molecule has 2 aromatic rings. The van der Waals surface area contributed by atoms with Crippen LogP contribution >= 0.6 is 11.8 Å². The highest BCUT2D eigenvalue weighted by Gasteiger charge is 2.34. The molecule has 1 aromatic carbocycles. The second-order valence-corrected chi connectivity index (χ2v) is 6.94. The van der Waals surface area contributed by atoms with Crippen LogP contribution < -0.4 is 14.8 Å². The van der Waals surface area contributed by atoms with Crippen molar-refractivity contribution >= 4 is 34.9 Å². The Morgan fingerprint density at radius 2 is 2.07 bits per heavy atom. The predicted octanol–water partition coefficient (Wildman–Crippen LogP) is 2.57. The van der Waals surface area contributed by atoms with E-state index in [0.717, 1.165) is 22.2 Å². The monoisotopic (exact) mass is 413 g/mol. The van der Waals surface area contributed by atoms with E-state index in [1.165, 1.54) is 14.2 Å². The topological polar surface area (TPSA) is 97.8 Å². The number of methoxy groups -OCH3 is 2. The number of hydrogen-bond donors (Lipinski definition) is 1. The largest absolute Gasteiger partial charge is 0.497 e. The van der Waals surface area contributed by atoms with Gasteiger partial charge in [-0.05, 0) is 47.7 Å². The van der Waals surface area contributed by atoms with Crippen LogP contribution in [-0.2, 0) is 4.79 Å². The van der Waals surface area contributed by atoms with E-state index in [9.17, 15) is 14.4 Å². The van der Waals surface area contributed by atoms with Gasteiger partial charge >= 0.3 is 0 Å². The van der Waals surface area contributed by atoms with E-state index in [2.05, 4.69) is 10.3 Å². The van der Waals surface area contributed by atoms with Crippen molar-refractivity contribution in [1.82, 2.24) is 15.2 Å². The molecule has 0 bridgehead atoms. The first kappa shape index (κ1) is 20.4. The fraction of sp³-hybridized carbons (Fsp3) is 0.200. The molecule has 0 radical (unpaired) electrons. The fourth-order valence-corrected chi connectivity index (χ4v) is 3.54. The maximum absolute atomic E-state index is 12.5. The Morgan fingerprint density at radius 1 is 1.24 bits per heavy atom. The van der Waals surface area contributed by atoms with Gasteiger partial charge in [0, 0.05) is 25.5 Å². The molecule has 1 N–H and O–H groups in total. The number of amides is 3. The van der Waals surface area contributed by atoms with Crippen LogP contribution in [0.1, 0.15) is 15.9 Å². The molecule has 3 rings (SSSR count). The van der Waals surface area contributed by atoms with Crippen molar-refractivity contribution in [3.63, 3.8) is 0 Å². The number of ether oxygens (including phenoxy) is 2. The molecule has 0 spiro atoms. The second-order valence-electron chi connectivity index (χ2n) is 5.94. The highest BCUT2D eigenvalue weighted by molar-refractivity contribution is 8.18. The van der Waals surface area contributed by atoms with Crippen LogP contribution in [0.4, 0.5) is 4.79 Å². The molecular formula is C20H19N3O5S. The maximum Gasteiger partial charge on any atom is 0.293 e. The predicted molar refractivity (Wildman–Crippen MR) is 109 cm³/mol. The number of imide groups is 1. The van der Waals surface area contributed by atoms with E-state index in [4.69, 9.17) is 9.47 Å². The molecule has 150 valence electrons. The average molecular weight is 413 g/mol. The molecule has 0 saturated carbocycles. The van der Waals surface area contributed by atoms with E-state index in [0.29, 0.717) is 22.0 Å². The van der Waals surface area contributed by atoms with Crippen LogP contribution in [0.15, 0.2) is 47.6 Å². The highest BCUT2D eigenvalue weighted by Crippen LogP contribution is 2.31. The molecule has 29 heavy (non-hydrogen) atoms. The van der Waals surface area contributed by atoms with Crippen LogP contribution in [0.2, 0.25) is 0 Å². The minimum Gasteiger partial charge on any atom is -0.497 e. The number of rotatable bonds is 7. The number of nitrogens with zero attached hydrogens (tertiary/aromatic N) is 2. The van der Waals surface area contributed by atoms with Crippen molar-refractivity contribution in [3.8, 4) is 11.5 Å². The summed E-state index contributed by atoms with van der Waals surface area (Å²) in [6.07, 6.45) is 4.86. The van der Waals surface area contributed by atoms with Crippen molar-refractivity contribution in [3.05, 3.63) is 58.8 Å². The molecule has 2 heterocycles. The molecule has 1 aromatic heterocycles. The lowest BCUT2D eigenvalue weighted by atomic mass is 10.1. The van der Waals surface area contributed by atoms with Crippen molar-refractivity contribution in [2.24, 2.45) is 0 Å². The van der Waals surface area contributed by atoms with Crippen LogP contribution in [-0.4, -0.2) is 54.2 Å². The normalized spacial score (nSPS) is 15.0. The molecule has 0 atom stereocenters. The van der Waals surface area contributed by atoms with Gasteiger partial charge in [0.05, 0.1) is 24.7 Å². The van der Waals surface area contributed by atoms with Crippen molar-refractivity contribution < 1.29 is 23.9 Å². The van der Waals surface area contributed by atoms with Gasteiger partial charge in [-0.25, -0.2) is 0 Å². The summed E-state index contributed by atoms with van der Waals surface area (Å²) in [5.74, 6) is 0.131. The third-order valence-corrected chi connectivity index (χ3v) is 5.04. The van der Waals surface area contributed by atoms with Crippen LogP contribution in [0.3, 0.4) is 0 Å². The number of carbonyl (C=O) groups excluding carboxylic acids is 3. The summed E-state index contributed by atoms with van der Waals surface area (Å²) in [6.45, 7) is 0.171. The van der Waals surface area contributed by atoms with Gasteiger partial charge in [-0.1, -0.05) is 6.07 Å². The quantitative estimate of drug-likeness (QED) is 0.697. The molecule has 3 amide bonds. The highest BCUT2D eigenvalue weighted by atomic mass is 32.2. The van der Waals surface area contributed by atoms with Gasteiger partial charge in [0.25, 0.3) is 17.1 Å². The van der Waals surface area contributed by atoms with Gasteiger partial charge in [0.1, 0.15) is 11.5 Å². The van der Waals surface area contributed by atoms with Crippen LogP contribution in [0, 0.1) is 0 Å². The SMILES string of the molecule is COc1ccc(OC)c(C(=O)NCCN2C(=O)S/C(=C\c3cccnc3)C2=O)c1. The van der Waals surface area contributed by atoms with E-state index >= 15 is 0 Å².